The van der Waals surface area contributed by atoms with Crippen molar-refractivity contribution in [1.29, 1.82) is 0 Å². The predicted octanol–water partition coefficient (Wildman–Crippen LogP) is 1.64. The summed E-state index contributed by atoms with van der Waals surface area (Å²) in [4.78, 5) is 11.4. The van der Waals surface area contributed by atoms with E-state index in [-0.39, 0.29) is 5.97 Å². The van der Waals surface area contributed by atoms with Gasteiger partial charge in [0.2, 0.25) is 0 Å². The van der Waals surface area contributed by atoms with Crippen LogP contribution in [0.2, 0.25) is 0 Å². The van der Waals surface area contributed by atoms with Crippen LogP contribution in [0.1, 0.15) is 24.3 Å². The molecule has 0 spiro atoms. The van der Waals surface area contributed by atoms with Crippen molar-refractivity contribution in [3.8, 4) is 0 Å². The van der Waals surface area contributed by atoms with Gasteiger partial charge >= 0.3 is 5.97 Å². The molecule has 0 aliphatic heterocycles. The first-order valence-electron chi connectivity index (χ1n) is 4.48. The van der Waals surface area contributed by atoms with Crippen LogP contribution in [0.15, 0.2) is 24.4 Å². The molecule has 0 radical (unpaired) electrons. The smallest absolute Gasteiger partial charge is 0.356 e. The van der Waals surface area contributed by atoms with Gasteiger partial charge in [-0.2, -0.15) is 5.10 Å². The highest BCUT2D eigenvalue weighted by molar-refractivity contribution is 5.87. The van der Waals surface area contributed by atoms with E-state index in [1.807, 2.05) is 6.92 Å². The van der Waals surface area contributed by atoms with Crippen molar-refractivity contribution in [3.63, 3.8) is 0 Å². The number of rotatable bonds is 4. The quantitative estimate of drug-likeness (QED) is 0.540. The third-order valence-electron chi connectivity index (χ3n) is 1.62. The zero-order chi connectivity index (χ0) is 10.6. The molecule has 1 rings (SSSR count). The fourth-order valence-electron chi connectivity index (χ4n) is 1.09. The first kappa shape index (κ1) is 10.5. The summed E-state index contributed by atoms with van der Waals surface area (Å²) < 4.78 is 6.46. The molecule has 0 aliphatic carbocycles. The number of carbonyl (C=O) groups is 1. The second-order valence-corrected chi connectivity index (χ2v) is 3.05. The van der Waals surface area contributed by atoms with Gasteiger partial charge in [-0.25, -0.2) is 4.79 Å². The molecule has 4 nitrogen and oxygen atoms in total. The van der Waals surface area contributed by atoms with Crippen molar-refractivity contribution < 1.29 is 9.53 Å². The zero-order valence-electron chi connectivity index (χ0n) is 8.49. The Morgan fingerprint density at radius 2 is 2.43 bits per heavy atom. The maximum atomic E-state index is 11.4. The number of carbonyl (C=O) groups excluding carboxylic acids is 1. The van der Waals surface area contributed by atoms with E-state index in [2.05, 4.69) is 11.7 Å². The molecular weight excluding hydrogens is 180 g/mol. The number of esters is 1. The van der Waals surface area contributed by atoms with E-state index in [4.69, 9.17) is 4.74 Å². The van der Waals surface area contributed by atoms with Gasteiger partial charge in [-0.15, -0.1) is 0 Å². The molecule has 0 atom stereocenters. The third-order valence-corrected chi connectivity index (χ3v) is 1.62. The van der Waals surface area contributed by atoms with Gasteiger partial charge in [0.15, 0.2) is 0 Å². The molecule has 0 unspecified atom stereocenters. The van der Waals surface area contributed by atoms with Gasteiger partial charge in [-0.1, -0.05) is 12.2 Å². The highest BCUT2D eigenvalue weighted by Crippen LogP contribution is 2.04. The largest absolute Gasteiger partial charge is 0.461 e. The van der Waals surface area contributed by atoms with Crippen molar-refractivity contribution in [2.45, 2.75) is 20.4 Å². The van der Waals surface area contributed by atoms with Gasteiger partial charge in [-0.05, 0) is 19.9 Å². The van der Waals surface area contributed by atoms with E-state index in [1.165, 1.54) is 0 Å². The lowest BCUT2D eigenvalue weighted by Gasteiger charge is -2.05. The molecule has 4 heteroatoms. The number of allylic oxidation sites excluding steroid dienone is 1. The van der Waals surface area contributed by atoms with E-state index in [1.54, 1.807) is 23.9 Å². The maximum Gasteiger partial charge on any atom is 0.356 e. The van der Waals surface area contributed by atoms with Gasteiger partial charge in [0.1, 0.15) is 5.69 Å². The highest BCUT2D eigenvalue weighted by atomic mass is 16.5. The Kier molecular flexibility index (Phi) is 3.45. The fraction of sp³-hybridized carbons (Fsp3) is 0.400. The number of ether oxygens (including phenoxy) is 1. The lowest BCUT2D eigenvalue weighted by Crippen LogP contribution is -2.13. The lowest BCUT2D eigenvalue weighted by molar-refractivity contribution is 0.0512. The minimum atomic E-state index is -0.341. The molecule has 0 bridgehead atoms. The lowest BCUT2D eigenvalue weighted by atomic mass is 10.3. The van der Waals surface area contributed by atoms with E-state index < -0.39 is 0 Å². The molecule has 14 heavy (non-hydrogen) atoms. The maximum absolute atomic E-state index is 11.4. The van der Waals surface area contributed by atoms with Crippen LogP contribution in [-0.4, -0.2) is 22.4 Å². The van der Waals surface area contributed by atoms with Gasteiger partial charge in [0, 0.05) is 6.20 Å². The van der Waals surface area contributed by atoms with Crippen molar-refractivity contribution in [2.75, 3.05) is 6.61 Å². The molecule has 1 aromatic rings. The summed E-state index contributed by atoms with van der Waals surface area (Å²) in [6, 6.07) is 1.64. The molecule has 0 N–H and O–H groups in total. The Balaban J connectivity index is 2.81. The van der Waals surface area contributed by atoms with Crippen LogP contribution in [0.5, 0.6) is 0 Å². The minimum absolute atomic E-state index is 0.341. The average Bonchev–Trinajstić information content (AvgIpc) is 2.51. The van der Waals surface area contributed by atoms with Gasteiger partial charge in [-0.3, -0.25) is 4.68 Å². The first-order chi connectivity index (χ1) is 6.65. The SMILES string of the molecule is C=C(C)Cn1nccc1C(=O)OCC. The monoisotopic (exact) mass is 194 g/mol. The van der Waals surface area contributed by atoms with E-state index >= 15 is 0 Å². The summed E-state index contributed by atoms with van der Waals surface area (Å²) in [6.07, 6.45) is 1.58. The molecule has 1 heterocycles. The van der Waals surface area contributed by atoms with Crippen LogP contribution in [-0.2, 0) is 11.3 Å². The summed E-state index contributed by atoms with van der Waals surface area (Å²) in [6.45, 7) is 8.34. The first-order valence-corrected chi connectivity index (χ1v) is 4.48. The van der Waals surface area contributed by atoms with Crippen LogP contribution in [0.3, 0.4) is 0 Å². The molecule has 0 saturated heterocycles. The van der Waals surface area contributed by atoms with Gasteiger partial charge < -0.3 is 4.74 Å². The van der Waals surface area contributed by atoms with Gasteiger partial charge in [0.05, 0.1) is 13.2 Å². The Morgan fingerprint density at radius 3 is 3.00 bits per heavy atom. The topological polar surface area (TPSA) is 44.1 Å². The Bertz CT molecular complexity index is 342. The summed E-state index contributed by atoms with van der Waals surface area (Å²) in [5.74, 6) is -0.341. The highest BCUT2D eigenvalue weighted by Gasteiger charge is 2.12. The Hall–Kier alpha value is -1.58. The molecule has 0 fully saturated rings. The van der Waals surface area contributed by atoms with Crippen LogP contribution in [0.25, 0.3) is 0 Å². The van der Waals surface area contributed by atoms with Gasteiger partial charge in [0.25, 0.3) is 0 Å². The molecule has 0 amide bonds. The molecule has 76 valence electrons. The average molecular weight is 194 g/mol. The van der Waals surface area contributed by atoms with E-state index in [0.717, 1.165) is 5.57 Å². The fourth-order valence-corrected chi connectivity index (χ4v) is 1.09. The second-order valence-electron chi connectivity index (χ2n) is 3.05. The minimum Gasteiger partial charge on any atom is -0.461 e. The summed E-state index contributed by atoms with van der Waals surface area (Å²) in [7, 11) is 0. The molecule has 0 aliphatic rings. The summed E-state index contributed by atoms with van der Waals surface area (Å²) >= 11 is 0. The third kappa shape index (κ3) is 2.45. The summed E-state index contributed by atoms with van der Waals surface area (Å²) in [5.41, 5.74) is 1.41. The number of hydrogen-bond donors (Lipinski definition) is 0. The van der Waals surface area contributed by atoms with E-state index in [0.29, 0.717) is 18.8 Å². The van der Waals surface area contributed by atoms with Crippen molar-refractivity contribution in [2.24, 2.45) is 0 Å². The molecular formula is C10H14N2O2. The second kappa shape index (κ2) is 4.60. The molecule has 0 saturated carbocycles. The van der Waals surface area contributed by atoms with Crippen molar-refractivity contribution >= 4 is 5.97 Å². The number of hydrogen-bond acceptors (Lipinski definition) is 3. The van der Waals surface area contributed by atoms with Crippen molar-refractivity contribution in [1.82, 2.24) is 9.78 Å². The zero-order valence-corrected chi connectivity index (χ0v) is 8.49. The Morgan fingerprint density at radius 1 is 1.71 bits per heavy atom. The van der Waals surface area contributed by atoms with Crippen LogP contribution < -0.4 is 0 Å². The molecule has 0 aromatic carbocycles. The standard InChI is InChI=1S/C10H14N2O2/c1-4-14-10(13)9-5-6-11-12(9)7-8(2)3/h5-6H,2,4,7H2,1,3H3. The Labute approximate surface area is 83.2 Å². The van der Waals surface area contributed by atoms with E-state index in [9.17, 15) is 4.79 Å². The van der Waals surface area contributed by atoms with Crippen LogP contribution in [0.4, 0.5) is 0 Å². The predicted molar refractivity (Wildman–Crippen MR) is 53.0 cm³/mol. The van der Waals surface area contributed by atoms with Crippen LogP contribution >= 0.6 is 0 Å². The summed E-state index contributed by atoms with van der Waals surface area (Å²) in [5, 5.41) is 4.01. The number of aromatic nitrogens is 2. The van der Waals surface area contributed by atoms with Crippen LogP contribution in [0, 0.1) is 0 Å². The normalized spacial score (nSPS) is 9.86. The van der Waals surface area contributed by atoms with Crippen molar-refractivity contribution in [3.05, 3.63) is 30.1 Å². The molecule has 1 aromatic heterocycles. The number of nitrogens with zero attached hydrogens (tertiary/aromatic N) is 2.